The Morgan fingerprint density at radius 1 is 1.48 bits per heavy atom. The fraction of sp³-hybridized carbons (Fsp3) is 0.333. The molecule has 0 bridgehead atoms. The van der Waals surface area contributed by atoms with Crippen LogP contribution in [0.4, 0.5) is 10.2 Å². The number of hydrogen-bond acceptors (Lipinski definition) is 4. The quantitative estimate of drug-likeness (QED) is 0.916. The minimum absolute atomic E-state index is 0.0247. The molecule has 1 unspecified atom stereocenters. The standard InChI is InChI=1S/C15H16FN3OS/c1-17-14-13(16)10(5-7-18-14)15(20)19-11-3-2-4-12-9(11)6-8-21-12/h5-8,11H,2-4H2,1H3,(H,17,18)(H,19,20). The number of halogens is 1. The number of fused-ring (bicyclic) bond motifs is 1. The second kappa shape index (κ2) is 5.81. The zero-order valence-corrected chi connectivity index (χ0v) is 12.5. The molecule has 0 aromatic carbocycles. The van der Waals surface area contributed by atoms with Crippen molar-refractivity contribution in [2.24, 2.45) is 0 Å². The molecular weight excluding hydrogens is 289 g/mol. The van der Waals surface area contributed by atoms with Crippen LogP contribution in [-0.4, -0.2) is 17.9 Å². The minimum Gasteiger partial charge on any atom is -0.371 e. The molecule has 0 fully saturated rings. The topological polar surface area (TPSA) is 54.0 Å². The van der Waals surface area contributed by atoms with Gasteiger partial charge in [-0.25, -0.2) is 9.37 Å². The first kappa shape index (κ1) is 14.0. The van der Waals surface area contributed by atoms with E-state index in [2.05, 4.69) is 15.6 Å². The van der Waals surface area contributed by atoms with Crippen molar-refractivity contribution in [3.05, 3.63) is 45.5 Å². The maximum absolute atomic E-state index is 14.1. The molecule has 0 aliphatic heterocycles. The summed E-state index contributed by atoms with van der Waals surface area (Å²) in [5.74, 6) is -0.920. The number of amides is 1. The second-order valence-electron chi connectivity index (χ2n) is 4.99. The maximum atomic E-state index is 14.1. The van der Waals surface area contributed by atoms with Crippen molar-refractivity contribution in [1.82, 2.24) is 10.3 Å². The van der Waals surface area contributed by atoms with E-state index < -0.39 is 11.7 Å². The number of carbonyl (C=O) groups excluding carboxylic acids is 1. The summed E-state index contributed by atoms with van der Waals surface area (Å²) in [7, 11) is 1.58. The lowest BCUT2D eigenvalue weighted by molar-refractivity contribution is 0.0929. The molecule has 2 aromatic heterocycles. The predicted molar refractivity (Wildman–Crippen MR) is 81.2 cm³/mol. The molecule has 3 rings (SSSR count). The number of aromatic nitrogens is 1. The number of nitrogens with zero attached hydrogens (tertiary/aromatic N) is 1. The van der Waals surface area contributed by atoms with Crippen LogP contribution in [0.1, 0.15) is 39.7 Å². The molecular formula is C15H16FN3OS. The summed E-state index contributed by atoms with van der Waals surface area (Å²) in [5, 5.41) is 7.63. The summed E-state index contributed by atoms with van der Waals surface area (Å²) < 4.78 is 14.1. The van der Waals surface area contributed by atoms with Gasteiger partial charge >= 0.3 is 0 Å². The molecule has 0 radical (unpaired) electrons. The lowest BCUT2D eigenvalue weighted by Gasteiger charge is -2.23. The van der Waals surface area contributed by atoms with E-state index in [4.69, 9.17) is 0 Å². The molecule has 1 aliphatic carbocycles. The molecule has 1 amide bonds. The van der Waals surface area contributed by atoms with E-state index in [-0.39, 0.29) is 17.4 Å². The lowest BCUT2D eigenvalue weighted by Crippen LogP contribution is -2.31. The van der Waals surface area contributed by atoms with Gasteiger partial charge in [0, 0.05) is 18.1 Å². The van der Waals surface area contributed by atoms with Gasteiger partial charge in [0.1, 0.15) is 0 Å². The normalized spacial score (nSPS) is 17.1. The van der Waals surface area contributed by atoms with Gasteiger partial charge in [-0.3, -0.25) is 4.79 Å². The van der Waals surface area contributed by atoms with Crippen molar-refractivity contribution in [2.45, 2.75) is 25.3 Å². The first-order chi connectivity index (χ1) is 10.2. The Morgan fingerprint density at radius 3 is 3.14 bits per heavy atom. The number of carbonyl (C=O) groups is 1. The third kappa shape index (κ3) is 2.63. The third-order valence-electron chi connectivity index (χ3n) is 3.73. The SMILES string of the molecule is CNc1nccc(C(=O)NC2CCCc3sccc32)c1F. The Morgan fingerprint density at radius 2 is 2.33 bits per heavy atom. The highest BCUT2D eigenvalue weighted by Gasteiger charge is 2.24. The van der Waals surface area contributed by atoms with Gasteiger partial charge in [0.25, 0.3) is 5.91 Å². The van der Waals surface area contributed by atoms with Gasteiger partial charge in [0.15, 0.2) is 11.6 Å². The predicted octanol–water partition coefficient (Wildman–Crippen LogP) is 3.13. The smallest absolute Gasteiger partial charge is 0.254 e. The summed E-state index contributed by atoms with van der Waals surface area (Å²) >= 11 is 1.72. The average Bonchev–Trinajstić information content (AvgIpc) is 2.97. The van der Waals surface area contributed by atoms with E-state index in [1.807, 2.05) is 11.4 Å². The van der Waals surface area contributed by atoms with E-state index in [1.165, 1.54) is 22.7 Å². The average molecular weight is 305 g/mol. The molecule has 2 heterocycles. The maximum Gasteiger partial charge on any atom is 0.254 e. The summed E-state index contributed by atoms with van der Waals surface area (Å²) in [6.45, 7) is 0. The number of aryl methyl sites for hydroxylation is 1. The molecule has 1 aliphatic rings. The highest BCUT2D eigenvalue weighted by Crippen LogP contribution is 2.33. The summed E-state index contributed by atoms with van der Waals surface area (Å²) in [6.07, 6.45) is 4.42. The molecule has 0 saturated carbocycles. The number of thiophene rings is 1. The van der Waals surface area contributed by atoms with E-state index in [0.29, 0.717) is 0 Å². The van der Waals surface area contributed by atoms with Crippen molar-refractivity contribution in [1.29, 1.82) is 0 Å². The molecule has 6 heteroatoms. The van der Waals surface area contributed by atoms with Crippen LogP contribution >= 0.6 is 11.3 Å². The molecule has 0 spiro atoms. The minimum atomic E-state index is -0.612. The lowest BCUT2D eigenvalue weighted by atomic mass is 9.94. The molecule has 0 saturated heterocycles. The summed E-state index contributed by atoms with van der Waals surface area (Å²) in [6, 6.07) is 3.42. The van der Waals surface area contributed by atoms with Crippen LogP contribution < -0.4 is 10.6 Å². The van der Waals surface area contributed by atoms with Crippen molar-refractivity contribution in [3.8, 4) is 0 Å². The van der Waals surface area contributed by atoms with Gasteiger partial charge in [0.2, 0.25) is 0 Å². The molecule has 21 heavy (non-hydrogen) atoms. The first-order valence-electron chi connectivity index (χ1n) is 6.90. The Bertz CT molecular complexity index is 671. The molecule has 4 nitrogen and oxygen atoms in total. The Balaban J connectivity index is 1.82. The van der Waals surface area contributed by atoms with Crippen molar-refractivity contribution in [2.75, 3.05) is 12.4 Å². The van der Waals surface area contributed by atoms with Crippen LogP contribution in [0.2, 0.25) is 0 Å². The summed E-state index contributed by atoms with van der Waals surface area (Å²) in [5.41, 5.74) is 1.19. The Labute approximate surface area is 126 Å². The van der Waals surface area contributed by atoms with E-state index in [0.717, 1.165) is 19.3 Å². The molecule has 2 aromatic rings. The Kier molecular flexibility index (Phi) is 3.88. The summed E-state index contributed by atoms with van der Waals surface area (Å²) in [4.78, 5) is 17.5. The van der Waals surface area contributed by atoms with Gasteiger partial charge in [-0.1, -0.05) is 0 Å². The van der Waals surface area contributed by atoms with Crippen LogP contribution in [0, 0.1) is 5.82 Å². The molecule has 2 N–H and O–H groups in total. The van der Waals surface area contributed by atoms with Crippen LogP contribution in [0.15, 0.2) is 23.7 Å². The van der Waals surface area contributed by atoms with Crippen LogP contribution in [0.3, 0.4) is 0 Å². The number of pyridine rings is 1. The van der Waals surface area contributed by atoms with Crippen molar-refractivity contribution < 1.29 is 9.18 Å². The third-order valence-corrected chi connectivity index (χ3v) is 4.72. The Hall–Kier alpha value is -1.95. The van der Waals surface area contributed by atoms with Gasteiger partial charge in [-0.15, -0.1) is 11.3 Å². The number of rotatable bonds is 3. The van der Waals surface area contributed by atoms with E-state index in [1.54, 1.807) is 18.4 Å². The van der Waals surface area contributed by atoms with E-state index in [9.17, 15) is 9.18 Å². The number of nitrogens with one attached hydrogen (secondary N) is 2. The van der Waals surface area contributed by atoms with Gasteiger partial charge in [0.05, 0.1) is 11.6 Å². The first-order valence-corrected chi connectivity index (χ1v) is 7.78. The zero-order valence-electron chi connectivity index (χ0n) is 11.6. The highest BCUT2D eigenvalue weighted by molar-refractivity contribution is 7.10. The fourth-order valence-electron chi connectivity index (χ4n) is 2.67. The fourth-order valence-corrected chi connectivity index (χ4v) is 3.65. The van der Waals surface area contributed by atoms with Crippen LogP contribution in [0.5, 0.6) is 0 Å². The highest BCUT2D eigenvalue weighted by atomic mass is 32.1. The van der Waals surface area contributed by atoms with Crippen molar-refractivity contribution >= 4 is 23.1 Å². The monoisotopic (exact) mass is 305 g/mol. The molecule has 1 atom stereocenters. The number of anilines is 1. The van der Waals surface area contributed by atoms with Gasteiger partial charge in [-0.2, -0.15) is 0 Å². The zero-order chi connectivity index (χ0) is 14.8. The van der Waals surface area contributed by atoms with E-state index >= 15 is 0 Å². The number of hydrogen-bond donors (Lipinski definition) is 2. The second-order valence-corrected chi connectivity index (χ2v) is 5.99. The van der Waals surface area contributed by atoms with Crippen LogP contribution in [0.25, 0.3) is 0 Å². The van der Waals surface area contributed by atoms with Crippen LogP contribution in [-0.2, 0) is 6.42 Å². The van der Waals surface area contributed by atoms with Gasteiger partial charge < -0.3 is 10.6 Å². The van der Waals surface area contributed by atoms with Crippen molar-refractivity contribution in [3.63, 3.8) is 0 Å². The van der Waals surface area contributed by atoms with Gasteiger partial charge in [-0.05, 0) is 42.3 Å². The molecule has 110 valence electrons. The largest absolute Gasteiger partial charge is 0.371 e.